The predicted octanol–water partition coefficient (Wildman–Crippen LogP) is 5.00. The zero-order valence-corrected chi connectivity index (χ0v) is 13.0. The van der Waals surface area contributed by atoms with Crippen molar-refractivity contribution in [1.82, 2.24) is 5.32 Å². The van der Waals surface area contributed by atoms with E-state index in [4.69, 9.17) is 16.3 Å². The summed E-state index contributed by atoms with van der Waals surface area (Å²) >= 11 is 9.48. The largest absolute Gasteiger partial charge is 0.456 e. The lowest BCUT2D eigenvalue weighted by molar-refractivity contribution is 0.482. The van der Waals surface area contributed by atoms with Gasteiger partial charge in [-0.25, -0.2) is 0 Å². The predicted molar refractivity (Wildman–Crippen MR) is 83.0 cm³/mol. The maximum atomic E-state index is 6.11. The molecule has 0 aliphatic heterocycles. The van der Waals surface area contributed by atoms with E-state index < -0.39 is 0 Å². The van der Waals surface area contributed by atoms with Gasteiger partial charge < -0.3 is 10.1 Å². The summed E-state index contributed by atoms with van der Waals surface area (Å²) in [5.41, 5.74) is 1.23. The molecule has 2 rings (SSSR count). The van der Waals surface area contributed by atoms with Gasteiger partial charge in [-0.05, 0) is 42.4 Å². The van der Waals surface area contributed by atoms with Crippen molar-refractivity contribution in [2.45, 2.75) is 13.5 Å². The zero-order chi connectivity index (χ0) is 13.7. The molecule has 0 aliphatic rings. The summed E-state index contributed by atoms with van der Waals surface area (Å²) in [6, 6.07) is 13.6. The molecule has 2 nitrogen and oxygen atoms in total. The van der Waals surface area contributed by atoms with E-state index in [2.05, 4.69) is 28.2 Å². The fourth-order valence-electron chi connectivity index (χ4n) is 1.63. The first-order valence-electron chi connectivity index (χ1n) is 6.11. The van der Waals surface area contributed by atoms with E-state index in [-0.39, 0.29) is 0 Å². The van der Waals surface area contributed by atoms with E-state index in [0.717, 1.165) is 23.3 Å². The monoisotopic (exact) mass is 339 g/mol. The van der Waals surface area contributed by atoms with Crippen LogP contribution in [0.15, 0.2) is 46.9 Å². The third-order valence-electron chi connectivity index (χ3n) is 2.62. The van der Waals surface area contributed by atoms with E-state index in [1.807, 2.05) is 42.5 Å². The minimum atomic E-state index is 0.589. The van der Waals surface area contributed by atoms with Gasteiger partial charge in [-0.2, -0.15) is 0 Å². The molecule has 0 atom stereocenters. The zero-order valence-electron chi connectivity index (χ0n) is 10.6. The highest BCUT2D eigenvalue weighted by molar-refractivity contribution is 9.10. The molecule has 0 amide bonds. The van der Waals surface area contributed by atoms with Gasteiger partial charge >= 0.3 is 0 Å². The van der Waals surface area contributed by atoms with Gasteiger partial charge in [0, 0.05) is 11.0 Å². The summed E-state index contributed by atoms with van der Waals surface area (Å²) in [6.07, 6.45) is 0. The van der Waals surface area contributed by atoms with Crippen LogP contribution in [-0.4, -0.2) is 6.54 Å². The highest BCUT2D eigenvalue weighted by Crippen LogP contribution is 2.31. The van der Waals surface area contributed by atoms with Crippen LogP contribution in [0.1, 0.15) is 12.5 Å². The second-order valence-corrected chi connectivity index (χ2v) is 5.42. The number of ether oxygens (including phenoxy) is 1. The fourth-order valence-corrected chi connectivity index (χ4v) is 2.34. The first-order valence-corrected chi connectivity index (χ1v) is 7.28. The van der Waals surface area contributed by atoms with E-state index in [9.17, 15) is 0 Å². The number of nitrogens with one attached hydrogen (secondary N) is 1. The topological polar surface area (TPSA) is 21.3 Å². The number of hydrogen-bond donors (Lipinski definition) is 1. The molecule has 0 bridgehead atoms. The minimum absolute atomic E-state index is 0.589. The number of hydrogen-bond acceptors (Lipinski definition) is 2. The Labute approximate surface area is 126 Å². The summed E-state index contributed by atoms with van der Waals surface area (Å²) < 4.78 is 6.69. The van der Waals surface area contributed by atoms with Crippen LogP contribution >= 0.6 is 27.5 Å². The van der Waals surface area contributed by atoms with Crippen molar-refractivity contribution in [2.75, 3.05) is 6.54 Å². The third-order valence-corrected chi connectivity index (χ3v) is 3.41. The molecule has 0 fully saturated rings. The lowest BCUT2D eigenvalue weighted by atomic mass is 10.2. The SMILES string of the molecule is CCNCc1ccc(Oc2ccc(Br)cc2Cl)cc1. The van der Waals surface area contributed by atoms with Gasteiger partial charge in [-0.15, -0.1) is 0 Å². The Balaban J connectivity index is 2.06. The van der Waals surface area contributed by atoms with E-state index in [0.29, 0.717) is 10.8 Å². The maximum Gasteiger partial charge on any atom is 0.146 e. The second kappa shape index (κ2) is 6.94. The molecule has 0 saturated heterocycles. The fraction of sp³-hybridized carbons (Fsp3) is 0.200. The summed E-state index contributed by atoms with van der Waals surface area (Å²) in [6.45, 7) is 3.93. The van der Waals surface area contributed by atoms with Crippen molar-refractivity contribution in [3.8, 4) is 11.5 Å². The second-order valence-electron chi connectivity index (χ2n) is 4.10. The summed E-state index contributed by atoms with van der Waals surface area (Å²) in [5, 5.41) is 3.87. The first-order chi connectivity index (χ1) is 9.19. The van der Waals surface area contributed by atoms with Crippen LogP contribution in [0.25, 0.3) is 0 Å². The maximum absolute atomic E-state index is 6.11. The quantitative estimate of drug-likeness (QED) is 0.826. The van der Waals surface area contributed by atoms with Crippen LogP contribution in [0.5, 0.6) is 11.5 Å². The van der Waals surface area contributed by atoms with E-state index >= 15 is 0 Å². The minimum Gasteiger partial charge on any atom is -0.456 e. The van der Waals surface area contributed by atoms with Crippen LogP contribution in [0.3, 0.4) is 0 Å². The van der Waals surface area contributed by atoms with Crippen LogP contribution in [0, 0.1) is 0 Å². The Kier molecular flexibility index (Phi) is 5.25. The van der Waals surface area contributed by atoms with Crippen molar-refractivity contribution in [2.24, 2.45) is 0 Å². The molecule has 0 aromatic heterocycles. The molecule has 19 heavy (non-hydrogen) atoms. The first kappa shape index (κ1) is 14.4. The third kappa shape index (κ3) is 4.23. The molecular weight excluding hydrogens is 326 g/mol. The highest BCUT2D eigenvalue weighted by atomic mass is 79.9. The Bertz CT molecular complexity index is 542. The lowest BCUT2D eigenvalue weighted by Crippen LogP contribution is -2.11. The van der Waals surface area contributed by atoms with Crippen molar-refractivity contribution in [3.63, 3.8) is 0 Å². The van der Waals surface area contributed by atoms with Crippen molar-refractivity contribution < 1.29 is 4.74 Å². The normalized spacial score (nSPS) is 10.5. The van der Waals surface area contributed by atoms with Gasteiger partial charge in [-0.3, -0.25) is 0 Å². The van der Waals surface area contributed by atoms with Gasteiger partial charge in [-0.1, -0.05) is 46.6 Å². The smallest absolute Gasteiger partial charge is 0.146 e. The Hall–Kier alpha value is -1.03. The van der Waals surface area contributed by atoms with Gasteiger partial charge in [0.1, 0.15) is 11.5 Å². The Morgan fingerprint density at radius 1 is 1.16 bits per heavy atom. The summed E-state index contributed by atoms with van der Waals surface area (Å²) in [4.78, 5) is 0. The lowest BCUT2D eigenvalue weighted by Gasteiger charge is -2.09. The van der Waals surface area contributed by atoms with Gasteiger partial charge in [0.25, 0.3) is 0 Å². The van der Waals surface area contributed by atoms with E-state index in [1.165, 1.54) is 5.56 Å². The molecule has 0 spiro atoms. The van der Waals surface area contributed by atoms with Gasteiger partial charge in [0.15, 0.2) is 0 Å². The van der Waals surface area contributed by atoms with Crippen LogP contribution < -0.4 is 10.1 Å². The molecule has 100 valence electrons. The standard InChI is InChI=1S/C15H15BrClNO/c1-2-18-10-11-3-6-13(7-4-11)19-15-8-5-12(16)9-14(15)17/h3-9,18H,2,10H2,1H3. The molecule has 0 heterocycles. The number of benzene rings is 2. The Morgan fingerprint density at radius 2 is 1.89 bits per heavy atom. The molecular formula is C15H15BrClNO. The average molecular weight is 341 g/mol. The number of rotatable bonds is 5. The molecule has 0 aliphatic carbocycles. The summed E-state index contributed by atoms with van der Waals surface area (Å²) in [7, 11) is 0. The van der Waals surface area contributed by atoms with Crippen molar-refractivity contribution >= 4 is 27.5 Å². The highest BCUT2D eigenvalue weighted by Gasteiger charge is 2.03. The average Bonchev–Trinajstić information content (AvgIpc) is 2.41. The van der Waals surface area contributed by atoms with Crippen LogP contribution in [0.2, 0.25) is 5.02 Å². The molecule has 0 unspecified atom stereocenters. The molecule has 1 N–H and O–H groups in total. The van der Waals surface area contributed by atoms with E-state index in [1.54, 1.807) is 0 Å². The van der Waals surface area contributed by atoms with Gasteiger partial charge in [0.2, 0.25) is 0 Å². The van der Waals surface area contributed by atoms with Crippen LogP contribution in [-0.2, 0) is 6.54 Å². The van der Waals surface area contributed by atoms with Gasteiger partial charge in [0.05, 0.1) is 5.02 Å². The van der Waals surface area contributed by atoms with Crippen LogP contribution in [0.4, 0.5) is 0 Å². The molecule has 0 radical (unpaired) electrons. The Morgan fingerprint density at radius 3 is 2.53 bits per heavy atom. The van der Waals surface area contributed by atoms with Crippen molar-refractivity contribution in [1.29, 1.82) is 0 Å². The molecule has 2 aromatic rings. The summed E-state index contributed by atoms with van der Waals surface area (Å²) in [5.74, 6) is 1.44. The molecule has 2 aromatic carbocycles. The molecule has 4 heteroatoms. The molecule has 0 saturated carbocycles. The van der Waals surface area contributed by atoms with Crippen molar-refractivity contribution in [3.05, 3.63) is 57.5 Å². The number of halogens is 2.